The summed E-state index contributed by atoms with van der Waals surface area (Å²) in [5.74, 6) is 0. The first-order chi connectivity index (χ1) is 29.2. The number of fused-ring (bicyclic) bond motifs is 10. The monoisotopic (exact) mass is 770 g/mol. The van der Waals surface area contributed by atoms with Crippen LogP contribution in [-0.4, -0.2) is 9.13 Å². The third kappa shape index (κ3) is 5.08. The van der Waals surface area contributed by atoms with Crippen molar-refractivity contribution >= 4 is 55.4 Å². The molecule has 9 aromatic carbocycles. The largest absolute Gasteiger partial charge is 0.309 e. The molecule has 59 heavy (non-hydrogen) atoms. The number of hydrogen-bond acceptors (Lipinski definition) is 1. The van der Waals surface area contributed by atoms with Gasteiger partial charge in [-0.05, 0) is 82.8 Å². The molecule has 0 amide bonds. The summed E-state index contributed by atoms with van der Waals surface area (Å²) in [6, 6.07) is 78.1. The molecule has 0 fully saturated rings. The predicted octanol–water partition coefficient (Wildman–Crippen LogP) is 15.0. The molecule has 278 valence electrons. The Labute approximate surface area is 347 Å². The minimum atomic E-state index is -0.487. The van der Waals surface area contributed by atoms with Crippen LogP contribution < -0.4 is 0 Å². The molecule has 1 aliphatic rings. The van der Waals surface area contributed by atoms with Gasteiger partial charge in [0, 0.05) is 53.7 Å². The van der Waals surface area contributed by atoms with Crippen LogP contribution in [-0.2, 0) is 5.41 Å². The molecule has 12 rings (SSSR count). The minimum Gasteiger partial charge on any atom is -0.309 e. The van der Waals surface area contributed by atoms with Crippen LogP contribution in [0.5, 0.6) is 0 Å². The van der Waals surface area contributed by atoms with Crippen molar-refractivity contribution in [2.45, 2.75) is 22.1 Å². The van der Waals surface area contributed by atoms with E-state index in [0.717, 1.165) is 11.4 Å². The van der Waals surface area contributed by atoms with Crippen LogP contribution in [0.1, 0.15) is 23.6 Å². The van der Waals surface area contributed by atoms with Crippen molar-refractivity contribution in [2.24, 2.45) is 0 Å². The average molecular weight is 771 g/mol. The highest BCUT2D eigenvalue weighted by Gasteiger charge is 2.43. The smallest absolute Gasteiger partial charge is 0.0683 e. The maximum absolute atomic E-state index is 2.52. The zero-order valence-electron chi connectivity index (χ0n) is 32.5. The van der Waals surface area contributed by atoms with Crippen molar-refractivity contribution in [3.8, 4) is 33.6 Å². The van der Waals surface area contributed by atoms with Crippen molar-refractivity contribution in [1.29, 1.82) is 0 Å². The Morgan fingerprint density at radius 2 is 0.814 bits per heavy atom. The Morgan fingerprint density at radius 1 is 0.373 bits per heavy atom. The Balaban J connectivity index is 1.14. The van der Waals surface area contributed by atoms with Gasteiger partial charge in [-0.1, -0.05) is 182 Å². The molecule has 0 saturated carbocycles. The lowest BCUT2D eigenvalue weighted by atomic mass is 9.70. The molecule has 3 heterocycles. The van der Waals surface area contributed by atoms with Crippen LogP contribution in [0.3, 0.4) is 0 Å². The molecule has 0 bridgehead atoms. The first kappa shape index (κ1) is 34.0. The lowest BCUT2D eigenvalue weighted by Crippen LogP contribution is -2.30. The lowest BCUT2D eigenvalue weighted by Gasteiger charge is -2.39. The quantitative estimate of drug-likeness (QED) is 0.169. The predicted molar refractivity (Wildman–Crippen MR) is 249 cm³/mol. The third-order valence-electron chi connectivity index (χ3n) is 12.7. The van der Waals surface area contributed by atoms with Gasteiger partial charge in [0.2, 0.25) is 0 Å². The topological polar surface area (TPSA) is 9.86 Å². The molecule has 11 aromatic rings. The number of rotatable bonds is 5. The van der Waals surface area contributed by atoms with Gasteiger partial charge >= 0.3 is 0 Å². The molecule has 2 aromatic heterocycles. The summed E-state index contributed by atoms with van der Waals surface area (Å²) < 4.78 is 5.03. The summed E-state index contributed by atoms with van der Waals surface area (Å²) in [5.41, 5.74) is 15.6. The van der Waals surface area contributed by atoms with Crippen molar-refractivity contribution in [1.82, 2.24) is 9.13 Å². The molecule has 3 heteroatoms. The van der Waals surface area contributed by atoms with Gasteiger partial charge in [0.1, 0.15) is 0 Å². The SMILES string of the molecule is CC1(c2ccccc2)c2ccc3c4ccccc4n(-c4ccc(-c5ccccc5)cc4)c3c2Sc2ccc3c4ccccc4n(-c4ccc(-c5ccccc5)cc4)c3c21. The molecule has 2 nitrogen and oxygen atoms in total. The molecule has 0 N–H and O–H groups in total. The normalized spacial score (nSPS) is 14.9. The van der Waals surface area contributed by atoms with Gasteiger partial charge in [0.05, 0.1) is 22.1 Å². The second-order valence-corrected chi connectivity index (χ2v) is 16.8. The van der Waals surface area contributed by atoms with Gasteiger partial charge in [-0.15, -0.1) is 0 Å². The van der Waals surface area contributed by atoms with Gasteiger partial charge in [-0.2, -0.15) is 0 Å². The van der Waals surface area contributed by atoms with Crippen LogP contribution in [0.15, 0.2) is 222 Å². The summed E-state index contributed by atoms with van der Waals surface area (Å²) >= 11 is 1.93. The van der Waals surface area contributed by atoms with Crippen molar-refractivity contribution < 1.29 is 0 Å². The lowest BCUT2D eigenvalue weighted by molar-refractivity contribution is 0.661. The fourth-order valence-electron chi connectivity index (χ4n) is 9.85. The van der Waals surface area contributed by atoms with E-state index in [1.807, 2.05) is 11.8 Å². The van der Waals surface area contributed by atoms with Gasteiger partial charge in [0.15, 0.2) is 0 Å². The first-order valence-corrected chi connectivity index (χ1v) is 21.2. The summed E-state index contributed by atoms with van der Waals surface area (Å²) in [7, 11) is 0. The van der Waals surface area contributed by atoms with E-state index in [9.17, 15) is 0 Å². The maximum atomic E-state index is 2.52. The Morgan fingerprint density at radius 3 is 1.37 bits per heavy atom. The molecule has 0 saturated heterocycles. The van der Waals surface area contributed by atoms with Crippen LogP contribution in [0.2, 0.25) is 0 Å². The first-order valence-electron chi connectivity index (χ1n) is 20.4. The van der Waals surface area contributed by atoms with E-state index in [-0.39, 0.29) is 0 Å². The zero-order valence-corrected chi connectivity index (χ0v) is 33.3. The third-order valence-corrected chi connectivity index (χ3v) is 13.8. The van der Waals surface area contributed by atoms with Gasteiger partial charge in [-0.3, -0.25) is 0 Å². The van der Waals surface area contributed by atoms with E-state index in [4.69, 9.17) is 0 Å². The molecule has 1 aliphatic heterocycles. The van der Waals surface area contributed by atoms with Crippen molar-refractivity contribution in [2.75, 3.05) is 0 Å². The minimum absolute atomic E-state index is 0.487. The van der Waals surface area contributed by atoms with Gasteiger partial charge < -0.3 is 9.13 Å². The fourth-order valence-corrected chi connectivity index (χ4v) is 11.3. The highest BCUT2D eigenvalue weighted by atomic mass is 32.2. The molecule has 0 spiro atoms. The van der Waals surface area contributed by atoms with E-state index in [1.54, 1.807) is 0 Å². The van der Waals surface area contributed by atoms with Gasteiger partial charge in [0.25, 0.3) is 0 Å². The van der Waals surface area contributed by atoms with Crippen LogP contribution in [0.25, 0.3) is 77.2 Å². The second kappa shape index (κ2) is 13.2. The Kier molecular flexibility index (Phi) is 7.63. The highest BCUT2D eigenvalue weighted by Crippen LogP contribution is 2.58. The van der Waals surface area contributed by atoms with Crippen molar-refractivity contribution in [3.63, 3.8) is 0 Å². The number of benzene rings is 9. The fraction of sp³-hybridized carbons (Fsp3) is 0.0357. The number of para-hydroxylation sites is 2. The molecule has 1 unspecified atom stereocenters. The molecule has 0 aliphatic carbocycles. The number of nitrogens with zero attached hydrogens (tertiary/aromatic N) is 2. The van der Waals surface area contributed by atoms with E-state index in [2.05, 4.69) is 228 Å². The van der Waals surface area contributed by atoms with Crippen LogP contribution in [0, 0.1) is 0 Å². The van der Waals surface area contributed by atoms with Crippen LogP contribution >= 0.6 is 11.8 Å². The van der Waals surface area contributed by atoms with E-state index < -0.39 is 5.41 Å². The van der Waals surface area contributed by atoms with Crippen LogP contribution in [0.4, 0.5) is 0 Å². The van der Waals surface area contributed by atoms with Crippen molar-refractivity contribution in [3.05, 3.63) is 229 Å². The average Bonchev–Trinajstić information content (AvgIpc) is 3.83. The zero-order chi connectivity index (χ0) is 39.1. The molecule has 1 atom stereocenters. The van der Waals surface area contributed by atoms with E-state index in [1.165, 1.54) is 92.3 Å². The summed E-state index contributed by atoms with van der Waals surface area (Å²) in [4.78, 5) is 2.59. The maximum Gasteiger partial charge on any atom is 0.0683 e. The second-order valence-electron chi connectivity index (χ2n) is 15.8. The summed E-state index contributed by atoms with van der Waals surface area (Å²) in [6.07, 6.45) is 0. The Bertz CT molecular complexity index is 3380. The summed E-state index contributed by atoms with van der Waals surface area (Å²) in [5, 5.41) is 5.07. The summed E-state index contributed by atoms with van der Waals surface area (Å²) in [6.45, 7) is 2.47. The molecule has 0 radical (unpaired) electrons. The molecular formula is C56H38N2S. The number of aromatic nitrogens is 2. The number of hydrogen-bond donors (Lipinski definition) is 0. The van der Waals surface area contributed by atoms with E-state index >= 15 is 0 Å². The Hall–Kier alpha value is -7.07. The molecular weight excluding hydrogens is 733 g/mol. The standard InChI is InChI=1S/C56H38N2S/c1-56(41-19-9-4-10-20-41)48-35-33-47-45-22-12-14-24-50(45)58(43-31-27-40(28-32-43)38-17-7-3-8-18-38)54(47)55(48)59-51-36-34-46-44-21-11-13-23-49(44)57(53(46)52(51)56)42-29-25-39(26-30-42)37-15-5-2-6-16-37/h2-36H,1H3. The highest BCUT2D eigenvalue weighted by molar-refractivity contribution is 7.99. The van der Waals surface area contributed by atoms with E-state index in [0.29, 0.717) is 0 Å². The van der Waals surface area contributed by atoms with Gasteiger partial charge in [-0.25, -0.2) is 0 Å².